The van der Waals surface area contributed by atoms with Gasteiger partial charge in [-0.2, -0.15) is 11.3 Å². The fourth-order valence-electron chi connectivity index (χ4n) is 0.937. The zero-order valence-electron chi connectivity index (χ0n) is 6.62. The van der Waals surface area contributed by atoms with Crippen LogP contribution in [0.25, 0.3) is 10.2 Å². The van der Waals surface area contributed by atoms with Crippen molar-refractivity contribution in [3.8, 4) is 0 Å². The Kier molecular flexibility index (Phi) is 3.49. The Morgan fingerprint density at radius 1 is 1.33 bits per heavy atom. The van der Waals surface area contributed by atoms with E-state index in [1.807, 2.05) is 24.3 Å². The van der Waals surface area contributed by atoms with Crippen LogP contribution in [0.15, 0.2) is 24.3 Å². The molecule has 0 saturated heterocycles. The molecule has 0 N–H and O–H groups in total. The van der Waals surface area contributed by atoms with Gasteiger partial charge in [0.15, 0.2) is 0 Å². The largest absolute Gasteiger partial charge is 1.00 e. The number of hydrogen-bond acceptors (Lipinski definition) is 2. The van der Waals surface area contributed by atoms with E-state index in [-0.39, 0.29) is 18.9 Å². The van der Waals surface area contributed by atoms with Crippen molar-refractivity contribution in [1.29, 1.82) is 0 Å². The van der Waals surface area contributed by atoms with E-state index in [4.69, 9.17) is 11.6 Å². The molecular weight excluding hydrogens is 185 g/mol. The molecule has 1 heterocycles. The van der Waals surface area contributed by atoms with Crippen molar-refractivity contribution in [3.05, 3.63) is 35.2 Å². The molecule has 1 aromatic carbocycles. The quantitative estimate of drug-likeness (QED) is 0.456. The van der Waals surface area contributed by atoms with Crippen molar-refractivity contribution < 1.29 is 18.9 Å². The zero-order chi connectivity index (χ0) is 7.68. The Labute approximate surface area is 91.9 Å². The van der Waals surface area contributed by atoms with E-state index in [2.05, 4.69) is 4.98 Å². The fraction of sp³-hybridized carbons (Fsp3) is 0. The molecule has 0 aliphatic carbocycles. The topological polar surface area (TPSA) is 12.9 Å². The number of para-hydroxylation sites is 1. The van der Waals surface area contributed by atoms with Crippen LogP contribution in [0.1, 0.15) is 5.01 Å². The van der Waals surface area contributed by atoms with Crippen LogP contribution in [-0.4, -0.2) is 4.98 Å². The summed E-state index contributed by atoms with van der Waals surface area (Å²) in [5.41, 5.74) is 1.02. The third kappa shape index (κ3) is 1.78. The average molecular weight is 190 g/mol. The SMILES string of the molecule is Cl[CH-]c1nc2ccccc2s1.[Li+]. The first-order valence-electron chi connectivity index (χ1n) is 3.19. The van der Waals surface area contributed by atoms with Crippen LogP contribution < -0.4 is 18.9 Å². The number of thiazole rings is 1. The normalized spacial score (nSPS) is 9.42. The summed E-state index contributed by atoms with van der Waals surface area (Å²) in [6.07, 6.45) is 0. The van der Waals surface area contributed by atoms with Crippen molar-refractivity contribution in [2.45, 2.75) is 0 Å². The molecular formula is C8H5ClLiNS. The molecule has 1 nitrogen and oxygen atoms in total. The smallest absolute Gasteiger partial charge is 0.320 e. The first-order chi connectivity index (χ1) is 5.40. The summed E-state index contributed by atoms with van der Waals surface area (Å²) >= 11 is 7.12. The third-order valence-electron chi connectivity index (χ3n) is 1.40. The Morgan fingerprint density at radius 3 is 2.75 bits per heavy atom. The maximum absolute atomic E-state index is 5.52. The van der Waals surface area contributed by atoms with E-state index in [0.717, 1.165) is 10.5 Å². The molecule has 0 spiro atoms. The predicted molar refractivity (Wildman–Crippen MR) is 48.9 cm³/mol. The minimum atomic E-state index is 0. The van der Waals surface area contributed by atoms with Crippen LogP contribution in [0.5, 0.6) is 0 Å². The Morgan fingerprint density at radius 2 is 2.08 bits per heavy atom. The van der Waals surface area contributed by atoms with Crippen molar-refractivity contribution in [2.75, 3.05) is 0 Å². The third-order valence-corrected chi connectivity index (χ3v) is 2.72. The summed E-state index contributed by atoms with van der Waals surface area (Å²) in [5, 5.41) is 0.868. The number of aromatic nitrogens is 1. The zero-order valence-corrected chi connectivity index (χ0v) is 8.19. The first kappa shape index (κ1) is 9.95. The molecule has 1 aromatic heterocycles. The molecule has 0 atom stereocenters. The van der Waals surface area contributed by atoms with Gasteiger partial charge < -0.3 is 11.6 Å². The summed E-state index contributed by atoms with van der Waals surface area (Å²) in [7, 11) is 0. The number of benzene rings is 1. The molecule has 0 saturated carbocycles. The number of rotatable bonds is 1. The van der Waals surface area contributed by atoms with Gasteiger partial charge in [-0.1, -0.05) is 12.1 Å². The summed E-state index contributed by atoms with van der Waals surface area (Å²) < 4.78 is 1.18. The van der Waals surface area contributed by atoms with E-state index < -0.39 is 0 Å². The maximum atomic E-state index is 5.52. The van der Waals surface area contributed by atoms with Crippen LogP contribution in [-0.2, 0) is 0 Å². The summed E-state index contributed by atoms with van der Waals surface area (Å²) in [6, 6.07) is 7.99. The number of halogens is 1. The Bertz CT molecular complexity index is 341. The predicted octanol–water partition coefficient (Wildman–Crippen LogP) is 0.0490. The van der Waals surface area contributed by atoms with Crippen LogP contribution in [0.4, 0.5) is 0 Å². The molecule has 0 aliphatic rings. The monoisotopic (exact) mass is 189 g/mol. The average Bonchev–Trinajstić information content (AvgIpc) is 2.46. The van der Waals surface area contributed by atoms with Crippen molar-refractivity contribution >= 4 is 33.2 Å². The van der Waals surface area contributed by atoms with Gasteiger partial charge >= 0.3 is 18.9 Å². The first-order valence-corrected chi connectivity index (χ1v) is 4.44. The molecule has 0 bridgehead atoms. The summed E-state index contributed by atoms with van der Waals surface area (Å²) in [5.74, 6) is 1.50. The number of nitrogens with zero attached hydrogens (tertiary/aromatic N) is 1. The minimum Gasteiger partial charge on any atom is -0.320 e. The van der Waals surface area contributed by atoms with Gasteiger partial charge in [-0.25, -0.2) is 5.88 Å². The van der Waals surface area contributed by atoms with Crippen LogP contribution in [0, 0.1) is 5.88 Å². The fourth-order valence-corrected chi connectivity index (χ4v) is 1.90. The van der Waals surface area contributed by atoms with Crippen molar-refractivity contribution in [1.82, 2.24) is 4.98 Å². The Hall–Kier alpha value is -0.133. The van der Waals surface area contributed by atoms with E-state index in [9.17, 15) is 0 Å². The molecule has 0 amide bonds. The minimum absolute atomic E-state index is 0. The van der Waals surface area contributed by atoms with Gasteiger partial charge in [0.2, 0.25) is 0 Å². The molecule has 2 aromatic rings. The van der Waals surface area contributed by atoms with E-state index in [0.29, 0.717) is 0 Å². The van der Waals surface area contributed by atoms with Gasteiger partial charge in [-0.15, -0.1) is 0 Å². The summed E-state index contributed by atoms with van der Waals surface area (Å²) in [4.78, 5) is 4.26. The summed E-state index contributed by atoms with van der Waals surface area (Å²) in [6.45, 7) is 0. The van der Waals surface area contributed by atoms with Gasteiger partial charge in [0.25, 0.3) is 0 Å². The number of hydrogen-bond donors (Lipinski definition) is 0. The second-order valence-electron chi connectivity index (χ2n) is 2.13. The molecule has 56 valence electrons. The van der Waals surface area contributed by atoms with E-state index in [1.165, 1.54) is 10.6 Å². The Balaban J connectivity index is 0.000000720. The van der Waals surface area contributed by atoms with Crippen LogP contribution in [0.2, 0.25) is 0 Å². The number of fused-ring (bicyclic) bond motifs is 1. The standard InChI is InChI=1S/C8H5ClNS.Li/c9-5-8-10-6-3-1-2-4-7(6)11-8;/h1-5H;/q-1;+1. The molecule has 12 heavy (non-hydrogen) atoms. The van der Waals surface area contributed by atoms with Crippen LogP contribution >= 0.6 is 22.9 Å². The molecule has 0 radical (unpaired) electrons. The second-order valence-corrected chi connectivity index (χ2v) is 3.41. The van der Waals surface area contributed by atoms with Crippen LogP contribution in [0.3, 0.4) is 0 Å². The van der Waals surface area contributed by atoms with Gasteiger partial charge in [0, 0.05) is 0 Å². The second kappa shape index (κ2) is 4.20. The van der Waals surface area contributed by atoms with Gasteiger partial charge in [0.1, 0.15) is 0 Å². The molecule has 0 aliphatic heterocycles. The van der Waals surface area contributed by atoms with Gasteiger partial charge in [-0.05, 0) is 17.1 Å². The van der Waals surface area contributed by atoms with Gasteiger partial charge in [0.05, 0.1) is 10.2 Å². The van der Waals surface area contributed by atoms with E-state index >= 15 is 0 Å². The molecule has 4 heteroatoms. The van der Waals surface area contributed by atoms with Crippen molar-refractivity contribution in [3.63, 3.8) is 0 Å². The van der Waals surface area contributed by atoms with E-state index in [1.54, 1.807) is 11.3 Å². The molecule has 0 unspecified atom stereocenters. The molecule has 2 rings (SSSR count). The maximum Gasteiger partial charge on any atom is 1.00 e. The van der Waals surface area contributed by atoms with Crippen molar-refractivity contribution in [2.24, 2.45) is 0 Å². The molecule has 0 fully saturated rings. The van der Waals surface area contributed by atoms with Gasteiger partial charge in [-0.3, -0.25) is 4.98 Å².